The Bertz CT molecular complexity index is 1000. The van der Waals surface area contributed by atoms with Gasteiger partial charge in [0.05, 0.1) is 21.6 Å². The number of halogens is 1. The number of aromatic amines is 1. The Morgan fingerprint density at radius 1 is 1.14 bits per heavy atom. The molecule has 110 valence electrons. The number of hydrogen-bond donors (Lipinski definition) is 1. The summed E-state index contributed by atoms with van der Waals surface area (Å²) in [5, 5.41) is 0.609. The van der Waals surface area contributed by atoms with Crippen LogP contribution in [-0.2, 0) is 6.42 Å². The maximum atomic E-state index is 6.41. The molecule has 5 heteroatoms. The van der Waals surface area contributed by atoms with E-state index in [0.29, 0.717) is 16.5 Å². The third-order valence-corrected chi connectivity index (χ3v) is 4.15. The molecule has 2 heterocycles. The van der Waals surface area contributed by atoms with Gasteiger partial charge in [0, 0.05) is 6.92 Å². The number of benzene rings is 2. The van der Waals surface area contributed by atoms with Gasteiger partial charge in [0.25, 0.3) is 0 Å². The topological polar surface area (TPSA) is 54.7 Å². The SMILES string of the molecule is CCc1cccc2[nH]c(-c3c(Cl)ccc4oc(C)nc34)nc12. The smallest absolute Gasteiger partial charge is 0.192 e. The van der Waals surface area contributed by atoms with Crippen LogP contribution in [0.2, 0.25) is 5.02 Å². The standard InChI is InChI=1S/C17H14ClN3O/c1-3-10-5-4-6-12-15(10)21-17(20-12)14-11(18)7-8-13-16(14)19-9(2)22-13/h4-8H,3H2,1-2H3,(H,20,21). The Morgan fingerprint density at radius 3 is 2.82 bits per heavy atom. The fraction of sp³-hybridized carbons (Fsp3) is 0.176. The monoisotopic (exact) mass is 311 g/mol. The summed E-state index contributed by atoms with van der Waals surface area (Å²) in [6, 6.07) is 9.80. The van der Waals surface area contributed by atoms with E-state index >= 15 is 0 Å². The molecular weight excluding hydrogens is 298 g/mol. The van der Waals surface area contributed by atoms with E-state index in [1.165, 1.54) is 5.56 Å². The Kier molecular flexibility index (Phi) is 2.94. The number of fused-ring (bicyclic) bond motifs is 2. The normalized spacial score (nSPS) is 11.6. The number of H-pyrrole nitrogens is 1. The lowest BCUT2D eigenvalue weighted by atomic mass is 10.1. The van der Waals surface area contributed by atoms with Crippen LogP contribution in [0.3, 0.4) is 0 Å². The highest BCUT2D eigenvalue weighted by Crippen LogP contribution is 2.35. The molecule has 0 aliphatic heterocycles. The van der Waals surface area contributed by atoms with E-state index < -0.39 is 0 Å². The van der Waals surface area contributed by atoms with Crippen LogP contribution in [0.1, 0.15) is 18.4 Å². The summed E-state index contributed by atoms with van der Waals surface area (Å²) in [6.07, 6.45) is 0.933. The van der Waals surface area contributed by atoms with E-state index in [-0.39, 0.29) is 0 Å². The lowest BCUT2D eigenvalue weighted by Gasteiger charge is -2.00. The number of hydrogen-bond acceptors (Lipinski definition) is 3. The zero-order valence-electron chi connectivity index (χ0n) is 12.3. The number of rotatable bonds is 2. The second-order valence-electron chi connectivity index (χ2n) is 5.25. The van der Waals surface area contributed by atoms with Crippen molar-refractivity contribution in [3.8, 4) is 11.4 Å². The van der Waals surface area contributed by atoms with Crippen LogP contribution in [0.5, 0.6) is 0 Å². The van der Waals surface area contributed by atoms with E-state index in [2.05, 4.69) is 23.0 Å². The lowest BCUT2D eigenvalue weighted by molar-refractivity contribution is 0.561. The molecule has 0 atom stereocenters. The van der Waals surface area contributed by atoms with Gasteiger partial charge in [-0.2, -0.15) is 0 Å². The van der Waals surface area contributed by atoms with Gasteiger partial charge in [-0.3, -0.25) is 0 Å². The Morgan fingerprint density at radius 2 is 2.00 bits per heavy atom. The van der Waals surface area contributed by atoms with Gasteiger partial charge in [-0.05, 0) is 30.2 Å². The van der Waals surface area contributed by atoms with Gasteiger partial charge in [0.2, 0.25) is 0 Å². The predicted molar refractivity (Wildman–Crippen MR) is 88.2 cm³/mol. The molecule has 0 saturated heterocycles. The third-order valence-electron chi connectivity index (χ3n) is 3.83. The average Bonchev–Trinajstić information content (AvgIpc) is 3.08. The second-order valence-corrected chi connectivity index (χ2v) is 5.66. The fourth-order valence-electron chi connectivity index (χ4n) is 2.80. The van der Waals surface area contributed by atoms with Crippen molar-refractivity contribution in [1.29, 1.82) is 0 Å². The summed E-state index contributed by atoms with van der Waals surface area (Å²) in [6.45, 7) is 3.95. The molecular formula is C17H14ClN3O. The first-order valence-electron chi connectivity index (χ1n) is 7.21. The van der Waals surface area contributed by atoms with E-state index in [1.807, 2.05) is 31.2 Å². The molecule has 4 aromatic rings. The summed E-state index contributed by atoms with van der Waals surface area (Å²) >= 11 is 6.41. The molecule has 2 aromatic carbocycles. The van der Waals surface area contributed by atoms with E-state index in [1.54, 1.807) is 0 Å². The summed E-state index contributed by atoms with van der Waals surface area (Å²) < 4.78 is 5.59. The van der Waals surface area contributed by atoms with Crippen molar-refractivity contribution in [3.63, 3.8) is 0 Å². The highest BCUT2D eigenvalue weighted by Gasteiger charge is 2.17. The van der Waals surface area contributed by atoms with Gasteiger partial charge in [-0.15, -0.1) is 0 Å². The third kappa shape index (κ3) is 1.91. The van der Waals surface area contributed by atoms with Crippen LogP contribution in [-0.4, -0.2) is 15.0 Å². The highest BCUT2D eigenvalue weighted by atomic mass is 35.5. The summed E-state index contributed by atoms with van der Waals surface area (Å²) in [5.41, 5.74) is 5.43. The van der Waals surface area contributed by atoms with Gasteiger partial charge in [0.1, 0.15) is 11.3 Å². The maximum absolute atomic E-state index is 6.41. The van der Waals surface area contributed by atoms with Crippen molar-refractivity contribution in [2.24, 2.45) is 0 Å². The number of imidazole rings is 1. The van der Waals surface area contributed by atoms with Crippen LogP contribution < -0.4 is 0 Å². The van der Waals surface area contributed by atoms with Gasteiger partial charge < -0.3 is 9.40 Å². The first-order valence-corrected chi connectivity index (χ1v) is 7.58. The van der Waals surface area contributed by atoms with Crippen LogP contribution >= 0.6 is 11.6 Å². The van der Waals surface area contributed by atoms with Gasteiger partial charge in [-0.1, -0.05) is 30.7 Å². The molecule has 0 radical (unpaired) electrons. The van der Waals surface area contributed by atoms with Crippen molar-refractivity contribution in [3.05, 3.63) is 46.8 Å². The molecule has 0 spiro atoms. The van der Waals surface area contributed by atoms with Gasteiger partial charge in [0.15, 0.2) is 11.5 Å². The molecule has 0 bridgehead atoms. The molecule has 0 fully saturated rings. The number of aryl methyl sites for hydroxylation is 2. The minimum Gasteiger partial charge on any atom is -0.441 e. The number of aromatic nitrogens is 3. The molecule has 2 aromatic heterocycles. The molecule has 22 heavy (non-hydrogen) atoms. The number of nitrogens with zero attached hydrogens (tertiary/aromatic N) is 2. The van der Waals surface area contributed by atoms with E-state index in [4.69, 9.17) is 21.0 Å². The first kappa shape index (κ1) is 13.3. The number of para-hydroxylation sites is 1. The van der Waals surface area contributed by atoms with Crippen LogP contribution in [0.25, 0.3) is 33.5 Å². The van der Waals surface area contributed by atoms with Crippen molar-refractivity contribution >= 4 is 33.7 Å². The van der Waals surface area contributed by atoms with Crippen molar-refractivity contribution < 1.29 is 4.42 Å². The van der Waals surface area contributed by atoms with E-state index in [0.717, 1.165) is 34.4 Å². The van der Waals surface area contributed by atoms with Crippen molar-refractivity contribution in [1.82, 2.24) is 15.0 Å². The molecule has 0 amide bonds. The maximum Gasteiger partial charge on any atom is 0.192 e. The fourth-order valence-corrected chi connectivity index (χ4v) is 3.04. The second kappa shape index (κ2) is 4.85. The first-order chi connectivity index (χ1) is 10.7. The molecule has 4 rings (SSSR count). The van der Waals surface area contributed by atoms with Crippen molar-refractivity contribution in [2.75, 3.05) is 0 Å². The average molecular weight is 312 g/mol. The Labute approximate surface area is 132 Å². The molecule has 0 aliphatic rings. The number of oxazole rings is 1. The quantitative estimate of drug-likeness (QED) is 0.573. The van der Waals surface area contributed by atoms with Crippen LogP contribution in [0.4, 0.5) is 0 Å². The molecule has 1 N–H and O–H groups in total. The van der Waals surface area contributed by atoms with Gasteiger partial charge >= 0.3 is 0 Å². The van der Waals surface area contributed by atoms with Crippen LogP contribution in [0, 0.1) is 6.92 Å². The highest BCUT2D eigenvalue weighted by molar-refractivity contribution is 6.34. The Hall–Kier alpha value is -2.33. The number of nitrogens with one attached hydrogen (secondary N) is 1. The van der Waals surface area contributed by atoms with Crippen molar-refractivity contribution in [2.45, 2.75) is 20.3 Å². The van der Waals surface area contributed by atoms with E-state index in [9.17, 15) is 0 Å². The summed E-state index contributed by atoms with van der Waals surface area (Å²) in [7, 11) is 0. The zero-order valence-corrected chi connectivity index (χ0v) is 13.0. The van der Waals surface area contributed by atoms with Gasteiger partial charge in [-0.25, -0.2) is 9.97 Å². The largest absolute Gasteiger partial charge is 0.441 e. The predicted octanol–water partition coefficient (Wildman–Crippen LogP) is 4.90. The lowest BCUT2D eigenvalue weighted by Crippen LogP contribution is -1.85. The molecule has 4 nitrogen and oxygen atoms in total. The Balaban J connectivity index is 2.04. The minimum atomic E-state index is 0.609. The van der Waals surface area contributed by atoms with Crippen LogP contribution in [0.15, 0.2) is 34.7 Å². The molecule has 0 unspecified atom stereocenters. The summed E-state index contributed by atoms with van der Waals surface area (Å²) in [4.78, 5) is 12.6. The zero-order chi connectivity index (χ0) is 15.3. The molecule has 0 aliphatic carbocycles. The minimum absolute atomic E-state index is 0.609. The molecule has 0 saturated carbocycles. The summed E-state index contributed by atoms with van der Waals surface area (Å²) in [5.74, 6) is 1.34.